The highest BCUT2D eigenvalue weighted by atomic mass is 32.2. The number of esters is 1. The van der Waals surface area contributed by atoms with Gasteiger partial charge in [-0.3, -0.25) is 19.2 Å². The Labute approximate surface area is 259 Å². The minimum absolute atomic E-state index is 0.00977. The fraction of sp³-hybridized carbons (Fsp3) is 0.765. The summed E-state index contributed by atoms with van der Waals surface area (Å²) in [7, 11) is 1.47. The first-order valence-corrected chi connectivity index (χ1v) is 17.8. The molecular weight excluding hydrogens is 569 g/mol. The van der Waals surface area contributed by atoms with Crippen molar-refractivity contribution in [2.24, 2.45) is 50.2 Å². The lowest BCUT2D eigenvalue weighted by Crippen LogP contribution is -2.67. The third-order valence-corrected chi connectivity index (χ3v) is 15.4. The number of methoxy groups -OCH3 is 1. The number of thioether (sulfide) groups is 2. The van der Waals surface area contributed by atoms with Crippen molar-refractivity contribution < 1.29 is 29.0 Å². The topological polar surface area (TPSA) is 97.7 Å². The van der Waals surface area contributed by atoms with E-state index in [1.54, 1.807) is 6.92 Å². The molecule has 8 atom stereocenters. The second-order valence-electron chi connectivity index (χ2n) is 15.4. The molecule has 8 unspecified atom stereocenters. The molecule has 4 saturated carbocycles. The zero-order valence-corrected chi connectivity index (χ0v) is 28.4. The molecule has 0 bridgehead atoms. The normalized spacial score (nSPS) is 44.3. The third kappa shape index (κ3) is 3.82. The number of ketones is 3. The summed E-state index contributed by atoms with van der Waals surface area (Å²) in [5, 5.41) is 10.6. The highest BCUT2D eigenvalue weighted by Gasteiger charge is 2.73. The number of hydrogen-bond acceptors (Lipinski definition) is 8. The maximum Gasteiger partial charge on any atom is 0.312 e. The number of rotatable bonds is 4. The molecule has 0 aliphatic heterocycles. The average molecular weight is 617 g/mol. The highest BCUT2D eigenvalue weighted by Crippen LogP contribution is 2.75. The van der Waals surface area contributed by atoms with Crippen molar-refractivity contribution in [1.29, 1.82) is 0 Å². The number of carbonyl (C=O) groups excluding carboxylic acids is 4. The summed E-state index contributed by atoms with van der Waals surface area (Å²) in [6.45, 7) is 12.4. The van der Waals surface area contributed by atoms with Gasteiger partial charge in [-0.2, -0.15) is 0 Å². The number of Topliss-reactive ketones (excluding diaryl/α,β-unsaturated/α-hetero) is 2. The van der Waals surface area contributed by atoms with E-state index in [1.165, 1.54) is 30.6 Å². The van der Waals surface area contributed by atoms with Gasteiger partial charge >= 0.3 is 5.97 Å². The van der Waals surface area contributed by atoms with Gasteiger partial charge in [-0.1, -0.05) is 34.6 Å². The molecule has 0 aromatic heterocycles. The summed E-state index contributed by atoms with van der Waals surface area (Å²) in [6, 6.07) is 0. The number of carbonyl (C=O) groups is 4. The van der Waals surface area contributed by atoms with E-state index in [-0.39, 0.29) is 34.9 Å². The van der Waals surface area contributed by atoms with Crippen molar-refractivity contribution in [3.05, 3.63) is 21.5 Å². The summed E-state index contributed by atoms with van der Waals surface area (Å²) in [4.78, 5) is 55.9. The molecule has 0 saturated heterocycles. The van der Waals surface area contributed by atoms with Crippen molar-refractivity contribution in [2.45, 2.75) is 86.5 Å². The van der Waals surface area contributed by atoms with E-state index in [2.05, 4.69) is 34.6 Å². The molecule has 5 aliphatic rings. The summed E-state index contributed by atoms with van der Waals surface area (Å²) >= 11 is 2.94. The molecule has 1 N–H and O–H groups in total. The van der Waals surface area contributed by atoms with Gasteiger partial charge in [0.15, 0.2) is 5.78 Å². The molecule has 232 valence electrons. The Morgan fingerprint density at radius 2 is 1.60 bits per heavy atom. The molecule has 5 aliphatic carbocycles. The molecule has 42 heavy (non-hydrogen) atoms. The lowest BCUT2D eigenvalue weighted by molar-refractivity contribution is -0.192. The summed E-state index contributed by atoms with van der Waals surface area (Å²) in [5.41, 5.74) is -2.21. The Hall–Kier alpha value is -1.38. The van der Waals surface area contributed by atoms with E-state index in [0.717, 1.165) is 35.5 Å². The van der Waals surface area contributed by atoms with Gasteiger partial charge in [0.25, 0.3) is 0 Å². The van der Waals surface area contributed by atoms with Gasteiger partial charge in [0, 0.05) is 21.1 Å². The van der Waals surface area contributed by atoms with Gasteiger partial charge in [0.2, 0.25) is 11.6 Å². The molecule has 5 rings (SSSR count). The third-order valence-electron chi connectivity index (χ3n) is 13.3. The number of fused-ring (bicyclic) bond motifs is 7. The second-order valence-corrected chi connectivity index (χ2v) is 17.3. The Bertz CT molecular complexity index is 1310. The minimum atomic E-state index is -1.22. The first kappa shape index (κ1) is 32.0. The van der Waals surface area contributed by atoms with Crippen LogP contribution in [0.2, 0.25) is 0 Å². The van der Waals surface area contributed by atoms with Crippen molar-refractivity contribution in [3.8, 4) is 0 Å². The molecule has 0 heterocycles. The van der Waals surface area contributed by atoms with Crippen molar-refractivity contribution in [3.63, 3.8) is 0 Å². The van der Waals surface area contributed by atoms with Gasteiger partial charge in [0.1, 0.15) is 0 Å². The maximum absolute atomic E-state index is 14.7. The van der Waals surface area contributed by atoms with Crippen LogP contribution in [0, 0.1) is 50.2 Å². The quantitative estimate of drug-likeness (QED) is 0.220. The molecule has 4 fully saturated rings. The second kappa shape index (κ2) is 10.1. The van der Waals surface area contributed by atoms with Gasteiger partial charge in [-0.05, 0) is 104 Å². The van der Waals surface area contributed by atoms with Crippen LogP contribution in [0.1, 0.15) is 86.5 Å². The summed E-state index contributed by atoms with van der Waals surface area (Å²) in [5.74, 6) is -1.98. The van der Waals surface area contributed by atoms with Crippen molar-refractivity contribution >= 4 is 46.8 Å². The van der Waals surface area contributed by atoms with Crippen LogP contribution >= 0.6 is 23.5 Å². The minimum Gasteiger partial charge on any atom is -0.469 e. The fourth-order valence-electron chi connectivity index (χ4n) is 10.7. The van der Waals surface area contributed by atoms with E-state index < -0.39 is 45.2 Å². The molecular formula is C34H48O6S2. The van der Waals surface area contributed by atoms with E-state index in [0.29, 0.717) is 24.8 Å². The number of aliphatic hydroxyl groups is 1. The van der Waals surface area contributed by atoms with Crippen LogP contribution in [0.3, 0.4) is 0 Å². The SMILES string of the molecule is COC(=O)C12CCC(C)(C)CC1C1C(=O)C=C3C4(C)C(=C(SC)SC)C(=O)C(=O)C(C)(CO)C4CCC3(C)C1(C)CC2. The first-order chi connectivity index (χ1) is 19.5. The Morgan fingerprint density at radius 3 is 2.17 bits per heavy atom. The van der Waals surface area contributed by atoms with Gasteiger partial charge < -0.3 is 9.84 Å². The highest BCUT2D eigenvalue weighted by molar-refractivity contribution is 8.21. The predicted molar refractivity (Wildman–Crippen MR) is 168 cm³/mol. The van der Waals surface area contributed by atoms with Gasteiger partial charge in [0.05, 0.1) is 24.5 Å². The number of aliphatic hydroxyl groups excluding tert-OH is 1. The van der Waals surface area contributed by atoms with Crippen LogP contribution in [0.5, 0.6) is 0 Å². The van der Waals surface area contributed by atoms with Crippen LogP contribution in [0.25, 0.3) is 0 Å². The average Bonchev–Trinajstić information content (AvgIpc) is 2.94. The molecule has 0 aromatic rings. The molecule has 0 spiro atoms. The Morgan fingerprint density at radius 1 is 0.976 bits per heavy atom. The van der Waals surface area contributed by atoms with E-state index in [1.807, 2.05) is 18.6 Å². The largest absolute Gasteiger partial charge is 0.469 e. The van der Waals surface area contributed by atoms with Crippen LogP contribution < -0.4 is 0 Å². The van der Waals surface area contributed by atoms with Crippen LogP contribution in [-0.2, 0) is 23.9 Å². The van der Waals surface area contributed by atoms with Crippen LogP contribution in [0.4, 0.5) is 0 Å². The van der Waals surface area contributed by atoms with Gasteiger partial charge in [-0.25, -0.2) is 0 Å². The standard InChI is InChI=1S/C34H48O6S2/c1-29(2)12-14-34(28(39)40-7)15-13-32(5)23(19(34)17-29)20(36)16-22-31(32,4)11-10-21-30(3,18-35)26(38)25(37)24(33(21,22)6)27(41-8)42-9/h16,19,21,23,35H,10-15,17-18H2,1-9H3. The fourth-order valence-corrected chi connectivity index (χ4v) is 12.4. The van der Waals surface area contributed by atoms with E-state index in [4.69, 9.17) is 4.74 Å². The monoisotopic (exact) mass is 616 g/mol. The lowest BCUT2D eigenvalue weighted by Gasteiger charge is -2.69. The van der Waals surface area contributed by atoms with Crippen molar-refractivity contribution in [1.82, 2.24) is 0 Å². The smallest absolute Gasteiger partial charge is 0.312 e. The predicted octanol–water partition coefficient (Wildman–Crippen LogP) is 6.41. The molecule has 0 aromatic carbocycles. The zero-order chi connectivity index (χ0) is 31.3. The number of allylic oxidation sites excluding steroid dienone is 3. The van der Waals surface area contributed by atoms with Crippen molar-refractivity contribution in [2.75, 3.05) is 26.2 Å². The van der Waals surface area contributed by atoms with Crippen LogP contribution in [-0.4, -0.2) is 54.7 Å². The van der Waals surface area contributed by atoms with Crippen LogP contribution in [0.15, 0.2) is 21.5 Å². The maximum atomic E-state index is 14.7. The van der Waals surface area contributed by atoms with E-state index in [9.17, 15) is 24.3 Å². The summed E-state index contributed by atoms with van der Waals surface area (Å²) < 4.78 is 6.24. The number of hydrogen-bond donors (Lipinski definition) is 1. The number of ether oxygens (including phenoxy) is 1. The zero-order valence-electron chi connectivity index (χ0n) is 26.8. The van der Waals surface area contributed by atoms with E-state index >= 15 is 0 Å². The lowest BCUT2D eigenvalue weighted by atomic mass is 9.33. The molecule has 0 amide bonds. The Kier molecular flexibility index (Phi) is 7.68. The molecule has 0 radical (unpaired) electrons. The first-order valence-electron chi connectivity index (χ1n) is 15.4. The Balaban J connectivity index is 1.77. The summed E-state index contributed by atoms with van der Waals surface area (Å²) in [6.07, 6.45) is 10.9. The molecule has 6 nitrogen and oxygen atoms in total. The molecule has 8 heteroatoms. The van der Waals surface area contributed by atoms with Gasteiger partial charge in [-0.15, -0.1) is 23.5 Å².